The molecule has 14 heavy (non-hydrogen) atoms. The van der Waals surface area contributed by atoms with E-state index in [0.29, 0.717) is 5.41 Å². The van der Waals surface area contributed by atoms with Gasteiger partial charge in [0.25, 0.3) is 0 Å². The van der Waals surface area contributed by atoms with Crippen LogP contribution in [0, 0.1) is 5.41 Å². The fraction of sp³-hybridized carbons (Fsp3) is 0.636. The molecule has 1 aromatic rings. The van der Waals surface area contributed by atoms with Gasteiger partial charge in [0.15, 0.2) is 0 Å². The summed E-state index contributed by atoms with van der Waals surface area (Å²) >= 11 is 11.3. The van der Waals surface area contributed by atoms with E-state index >= 15 is 0 Å². The lowest BCUT2D eigenvalue weighted by Crippen LogP contribution is -2.23. The Kier molecular flexibility index (Phi) is 4.95. The fourth-order valence-corrected chi connectivity index (χ4v) is 3.81. The van der Waals surface area contributed by atoms with Gasteiger partial charge in [0, 0.05) is 10.2 Å². The first kappa shape index (κ1) is 12.5. The van der Waals surface area contributed by atoms with Gasteiger partial charge in [-0.15, -0.1) is 11.3 Å². The molecule has 0 aromatic carbocycles. The average molecular weight is 296 g/mol. The third kappa shape index (κ3) is 2.98. The van der Waals surface area contributed by atoms with Gasteiger partial charge in [0.2, 0.25) is 0 Å². The Bertz CT molecular complexity index is 270. The van der Waals surface area contributed by atoms with E-state index in [4.69, 9.17) is 11.6 Å². The Hall–Kier alpha value is 0.470. The van der Waals surface area contributed by atoms with Crippen molar-refractivity contribution >= 4 is 38.9 Å². The number of hydrogen-bond donors (Lipinski definition) is 0. The number of hydrogen-bond acceptors (Lipinski definition) is 1. The normalized spacial score (nSPS) is 12.0. The second kappa shape index (κ2) is 5.53. The van der Waals surface area contributed by atoms with Gasteiger partial charge in [-0.1, -0.05) is 41.4 Å². The van der Waals surface area contributed by atoms with Gasteiger partial charge in [0.1, 0.15) is 0 Å². The van der Waals surface area contributed by atoms with Crippen LogP contribution < -0.4 is 0 Å². The van der Waals surface area contributed by atoms with Gasteiger partial charge in [-0.2, -0.15) is 0 Å². The molecule has 0 radical (unpaired) electrons. The first-order valence-electron chi connectivity index (χ1n) is 4.96. The first-order chi connectivity index (χ1) is 6.65. The molecule has 0 unspecified atom stereocenters. The molecule has 3 heteroatoms. The summed E-state index contributed by atoms with van der Waals surface area (Å²) in [6.07, 6.45) is 3.57. The third-order valence-electron chi connectivity index (χ3n) is 2.96. The van der Waals surface area contributed by atoms with Crippen LogP contribution in [0.1, 0.15) is 31.6 Å². The van der Waals surface area contributed by atoms with Gasteiger partial charge >= 0.3 is 0 Å². The molecule has 0 N–H and O–H groups in total. The van der Waals surface area contributed by atoms with Crippen LogP contribution in [0.4, 0.5) is 0 Å². The maximum absolute atomic E-state index is 5.93. The van der Waals surface area contributed by atoms with Crippen LogP contribution in [0.25, 0.3) is 0 Å². The van der Waals surface area contributed by atoms with E-state index in [2.05, 4.69) is 35.8 Å². The zero-order valence-corrected chi connectivity index (χ0v) is 11.8. The predicted molar refractivity (Wildman–Crippen MR) is 69.8 cm³/mol. The molecule has 0 aliphatic heterocycles. The summed E-state index contributed by atoms with van der Waals surface area (Å²) < 4.78 is 0.899. The van der Waals surface area contributed by atoms with Crippen LogP contribution >= 0.6 is 38.9 Å². The standard InChI is InChI=1S/C11H16BrClS/c1-3-11(4-2,8-12)7-9-5-6-10(13)14-9/h5-6H,3-4,7-8H2,1-2H3. The highest BCUT2D eigenvalue weighted by Crippen LogP contribution is 2.35. The van der Waals surface area contributed by atoms with Crippen molar-refractivity contribution < 1.29 is 0 Å². The van der Waals surface area contributed by atoms with E-state index in [1.807, 2.05) is 6.07 Å². The van der Waals surface area contributed by atoms with Gasteiger partial charge in [-0.3, -0.25) is 0 Å². The number of rotatable bonds is 5. The van der Waals surface area contributed by atoms with Crippen LogP contribution in [-0.4, -0.2) is 5.33 Å². The summed E-state index contributed by atoms with van der Waals surface area (Å²) in [5.41, 5.74) is 0.411. The Labute approximate surface area is 104 Å². The second-order valence-corrected chi connectivity index (χ2v) is 6.08. The molecule has 0 aliphatic rings. The molecular weight excluding hydrogens is 280 g/mol. The largest absolute Gasteiger partial charge is 0.128 e. The van der Waals surface area contributed by atoms with E-state index in [1.165, 1.54) is 17.7 Å². The maximum Gasteiger partial charge on any atom is 0.0931 e. The molecule has 0 bridgehead atoms. The van der Waals surface area contributed by atoms with Crippen LogP contribution in [0.2, 0.25) is 4.34 Å². The molecule has 1 heterocycles. The van der Waals surface area contributed by atoms with Gasteiger partial charge in [-0.05, 0) is 36.8 Å². The highest BCUT2D eigenvalue weighted by Gasteiger charge is 2.25. The number of halogens is 2. The SMILES string of the molecule is CCC(CC)(CBr)Cc1ccc(Cl)s1. The number of alkyl halides is 1. The third-order valence-corrected chi connectivity index (χ3v) is 5.38. The zero-order valence-electron chi connectivity index (χ0n) is 8.65. The molecule has 0 nitrogen and oxygen atoms in total. The smallest absolute Gasteiger partial charge is 0.0931 e. The summed E-state index contributed by atoms with van der Waals surface area (Å²) in [7, 11) is 0. The Balaban J connectivity index is 2.73. The molecule has 0 fully saturated rings. The lowest BCUT2D eigenvalue weighted by molar-refractivity contribution is 0.309. The summed E-state index contributed by atoms with van der Waals surface area (Å²) in [5, 5.41) is 1.07. The van der Waals surface area contributed by atoms with Crippen molar-refractivity contribution in [2.45, 2.75) is 33.1 Å². The topological polar surface area (TPSA) is 0 Å². The molecule has 0 saturated carbocycles. The summed E-state index contributed by atoms with van der Waals surface area (Å²) in [6.45, 7) is 4.53. The van der Waals surface area contributed by atoms with E-state index < -0.39 is 0 Å². The van der Waals surface area contributed by atoms with Crippen molar-refractivity contribution in [2.75, 3.05) is 5.33 Å². The van der Waals surface area contributed by atoms with Crippen molar-refractivity contribution in [3.8, 4) is 0 Å². The first-order valence-corrected chi connectivity index (χ1v) is 7.27. The highest BCUT2D eigenvalue weighted by molar-refractivity contribution is 9.09. The molecule has 80 valence electrons. The minimum atomic E-state index is 0.411. The highest BCUT2D eigenvalue weighted by atomic mass is 79.9. The number of thiophene rings is 1. The van der Waals surface area contributed by atoms with E-state index in [1.54, 1.807) is 11.3 Å². The van der Waals surface area contributed by atoms with Crippen LogP contribution in [-0.2, 0) is 6.42 Å². The molecular formula is C11H16BrClS. The molecule has 0 amide bonds. The molecule has 1 aromatic heterocycles. The van der Waals surface area contributed by atoms with Gasteiger partial charge in [-0.25, -0.2) is 0 Å². The van der Waals surface area contributed by atoms with Crippen molar-refractivity contribution in [2.24, 2.45) is 5.41 Å². The predicted octanol–water partition coefficient (Wildman–Crippen LogP) is 5.15. The zero-order chi connectivity index (χ0) is 10.6. The van der Waals surface area contributed by atoms with Crippen LogP contribution in [0.15, 0.2) is 12.1 Å². The Morgan fingerprint density at radius 2 is 2.00 bits per heavy atom. The van der Waals surface area contributed by atoms with Crippen molar-refractivity contribution in [3.63, 3.8) is 0 Å². The average Bonchev–Trinajstić information content (AvgIpc) is 2.61. The lowest BCUT2D eigenvalue weighted by Gasteiger charge is -2.28. The van der Waals surface area contributed by atoms with Crippen molar-refractivity contribution in [3.05, 3.63) is 21.3 Å². The summed E-state index contributed by atoms with van der Waals surface area (Å²) in [4.78, 5) is 1.40. The van der Waals surface area contributed by atoms with E-state index in [0.717, 1.165) is 16.1 Å². The minimum Gasteiger partial charge on any atom is -0.128 e. The molecule has 0 aliphatic carbocycles. The van der Waals surface area contributed by atoms with Crippen molar-refractivity contribution in [1.29, 1.82) is 0 Å². The Morgan fingerprint density at radius 1 is 1.36 bits per heavy atom. The van der Waals surface area contributed by atoms with Crippen LogP contribution in [0.3, 0.4) is 0 Å². The van der Waals surface area contributed by atoms with Gasteiger partial charge < -0.3 is 0 Å². The van der Waals surface area contributed by atoms with Crippen LogP contribution in [0.5, 0.6) is 0 Å². The monoisotopic (exact) mass is 294 g/mol. The van der Waals surface area contributed by atoms with Gasteiger partial charge in [0.05, 0.1) is 4.34 Å². The summed E-state index contributed by atoms with van der Waals surface area (Å²) in [6, 6.07) is 4.14. The maximum atomic E-state index is 5.93. The van der Waals surface area contributed by atoms with Crippen molar-refractivity contribution in [1.82, 2.24) is 0 Å². The molecule has 0 atom stereocenters. The van der Waals surface area contributed by atoms with E-state index in [-0.39, 0.29) is 0 Å². The lowest BCUT2D eigenvalue weighted by atomic mass is 9.81. The minimum absolute atomic E-state index is 0.411. The van der Waals surface area contributed by atoms with E-state index in [9.17, 15) is 0 Å². The summed E-state index contributed by atoms with van der Waals surface area (Å²) in [5.74, 6) is 0. The fourth-order valence-electron chi connectivity index (χ4n) is 1.55. The second-order valence-electron chi connectivity index (χ2n) is 3.72. The molecule has 1 rings (SSSR count). The molecule has 0 spiro atoms. The molecule has 0 saturated heterocycles. The Morgan fingerprint density at radius 3 is 2.36 bits per heavy atom. The quantitative estimate of drug-likeness (QED) is 0.659.